The van der Waals surface area contributed by atoms with Gasteiger partial charge in [0.2, 0.25) is 11.7 Å². The predicted molar refractivity (Wildman–Crippen MR) is 59.7 cm³/mol. The lowest BCUT2D eigenvalue weighted by Gasteiger charge is -2.10. The molecule has 0 bridgehead atoms. The zero-order valence-electron chi connectivity index (χ0n) is 9.60. The standard InChI is InChI=1S/C10H13N3O5/c1-5(8(11)14)13-10(17)12-4-6-2-3-7(18-6)9(15)16/h2-3,5H,4H2,1H3,(H2,11,14)(H,15,16)(H2,12,13,17). The summed E-state index contributed by atoms with van der Waals surface area (Å²) in [7, 11) is 0. The van der Waals surface area contributed by atoms with E-state index >= 15 is 0 Å². The van der Waals surface area contributed by atoms with Crippen LogP contribution in [-0.2, 0) is 11.3 Å². The van der Waals surface area contributed by atoms with E-state index in [1.54, 1.807) is 0 Å². The Morgan fingerprint density at radius 1 is 1.44 bits per heavy atom. The van der Waals surface area contributed by atoms with Gasteiger partial charge in [-0.05, 0) is 19.1 Å². The summed E-state index contributed by atoms with van der Waals surface area (Å²) in [6.45, 7) is 1.45. The second kappa shape index (κ2) is 5.71. The minimum Gasteiger partial charge on any atom is -0.475 e. The monoisotopic (exact) mass is 255 g/mol. The number of carboxylic acids is 1. The molecule has 1 heterocycles. The Morgan fingerprint density at radius 3 is 2.61 bits per heavy atom. The first-order valence-corrected chi connectivity index (χ1v) is 5.06. The van der Waals surface area contributed by atoms with Gasteiger partial charge in [-0.25, -0.2) is 9.59 Å². The van der Waals surface area contributed by atoms with Gasteiger partial charge in [-0.2, -0.15) is 0 Å². The highest BCUT2D eigenvalue weighted by Gasteiger charge is 2.13. The number of furan rings is 1. The normalized spacial score (nSPS) is 11.6. The van der Waals surface area contributed by atoms with Crippen LogP contribution >= 0.6 is 0 Å². The molecule has 3 amide bonds. The van der Waals surface area contributed by atoms with Crippen molar-refractivity contribution < 1.29 is 23.9 Å². The van der Waals surface area contributed by atoms with E-state index in [1.165, 1.54) is 19.1 Å². The maximum absolute atomic E-state index is 11.3. The number of hydrogen-bond donors (Lipinski definition) is 4. The fourth-order valence-electron chi connectivity index (χ4n) is 1.07. The van der Waals surface area contributed by atoms with Gasteiger partial charge in [0.1, 0.15) is 11.8 Å². The van der Waals surface area contributed by atoms with Crippen LogP contribution in [0, 0.1) is 0 Å². The molecule has 0 fully saturated rings. The molecule has 0 radical (unpaired) electrons. The molecular formula is C10H13N3O5. The zero-order valence-corrected chi connectivity index (χ0v) is 9.60. The van der Waals surface area contributed by atoms with Gasteiger partial charge in [-0.15, -0.1) is 0 Å². The summed E-state index contributed by atoms with van der Waals surface area (Å²) in [4.78, 5) is 32.5. The van der Waals surface area contributed by atoms with Gasteiger partial charge in [-0.1, -0.05) is 0 Å². The molecule has 8 heteroatoms. The lowest BCUT2D eigenvalue weighted by atomic mass is 10.3. The smallest absolute Gasteiger partial charge is 0.371 e. The van der Waals surface area contributed by atoms with E-state index in [2.05, 4.69) is 10.6 Å². The number of carboxylic acid groups (broad SMARTS) is 1. The molecule has 0 saturated carbocycles. The van der Waals surface area contributed by atoms with Crippen LogP contribution in [0.2, 0.25) is 0 Å². The molecule has 0 spiro atoms. The van der Waals surface area contributed by atoms with Crippen molar-refractivity contribution in [2.24, 2.45) is 5.73 Å². The van der Waals surface area contributed by atoms with E-state index in [9.17, 15) is 14.4 Å². The molecule has 0 saturated heterocycles. The van der Waals surface area contributed by atoms with Gasteiger partial charge < -0.3 is 25.9 Å². The number of amides is 3. The zero-order chi connectivity index (χ0) is 13.7. The van der Waals surface area contributed by atoms with Crippen molar-refractivity contribution in [3.8, 4) is 0 Å². The molecule has 1 rings (SSSR count). The summed E-state index contributed by atoms with van der Waals surface area (Å²) < 4.78 is 4.91. The predicted octanol–water partition coefficient (Wildman–Crippen LogP) is -0.349. The number of carbonyl (C=O) groups is 3. The molecule has 1 aromatic heterocycles. The van der Waals surface area contributed by atoms with Crippen LogP contribution in [0.25, 0.3) is 0 Å². The third-order valence-corrected chi connectivity index (χ3v) is 2.07. The number of nitrogens with two attached hydrogens (primary N) is 1. The fraction of sp³-hybridized carbons (Fsp3) is 0.300. The SMILES string of the molecule is CC(NC(=O)NCc1ccc(C(=O)O)o1)C(N)=O. The van der Waals surface area contributed by atoms with Crippen LogP contribution in [0.1, 0.15) is 23.2 Å². The van der Waals surface area contributed by atoms with Crippen molar-refractivity contribution in [1.29, 1.82) is 0 Å². The maximum atomic E-state index is 11.3. The van der Waals surface area contributed by atoms with Crippen molar-refractivity contribution >= 4 is 17.9 Å². The molecule has 0 aliphatic rings. The number of hydrogen-bond acceptors (Lipinski definition) is 4. The third kappa shape index (κ3) is 3.81. The summed E-state index contributed by atoms with van der Waals surface area (Å²) in [5.74, 6) is -1.77. The highest BCUT2D eigenvalue weighted by atomic mass is 16.4. The first-order chi connectivity index (χ1) is 8.40. The topological polar surface area (TPSA) is 135 Å². The summed E-state index contributed by atoms with van der Waals surface area (Å²) in [6.07, 6.45) is 0. The van der Waals surface area contributed by atoms with Gasteiger partial charge >= 0.3 is 12.0 Å². The van der Waals surface area contributed by atoms with E-state index < -0.39 is 23.9 Å². The number of carbonyl (C=O) groups excluding carboxylic acids is 2. The first-order valence-electron chi connectivity index (χ1n) is 5.06. The Morgan fingerprint density at radius 2 is 2.11 bits per heavy atom. The number of rotatable bonds is 5. The molecule has 8 nitrogen and oxygen atoms in total. The second-order valence-electron chi connectivity index (χ2n) is 3.52. The quantitative estimate of drug-likeness (QED) is 0.570. The Hall–Kier alpha value is -2.51. The summed E-state index contributed by atoms with van der Waals surface area (Å²) >= 11 is 0. The fourth-order valence-corrected chi connectivity index (χ4v) is 1.07. The number of nitrogens with one attached hydrogen (secondary N) is 2. The highest BCUT2D eigenvalue weighted by molar-refractivity contribution is 5.85. The molecule has 0 aliphatic heterocycles. The van der Waals surface area contributed by atoms with Crippen LogP contribution in [0.5, 0.6) is 0 Å². The van der Waals surface area contributed by atoms with E-state index in [4.69, 9.17) is 15.3 Å². The van der Waals surface area contributed by atoms with Gasteiger partial charge in [0.25, 0.3) is 0 Å². The first kappa shape index (κ1) is 13.6. The number of primary amides is 1. The molecular weight excluding hydrogens is 242 g/mol. The van der Waals surface area contributed by atoms with Crippen LogP contribution in [-0.4, -0.2) is 29.1 Å². The summed E-state index contributed by atoms with van der Waals surface area (Å²) in [6, 6.07) is 1.32. The lowest BCUT2D eigenvalue weighted by molar-refractivity contribution is -0.119. The van der Waals surface area contributed by atoms with Crippen molar-refractivity contribution in [1.82, 2.24) is 10.6 Å². The van der Waals surface area contributed by atoms with Crippen molar-refractivity contribution in [2.75, 3.05) is 0 Å². The van der Waals surface area contributed by atoms with Crippen molar-refractivity contribution in [3.63, 3.8) is 0 Å². The Balaban J connectivity index is 2.42. The molecule has 98 valence electrons. The van der Waals surface area contributed by atoms with Crippen LogP contribution in [0.15, 0.2) is 16.5 Å². The molecule has 18 heavy (non-hydrogen) atoms. The number of urea groups is 1. The van der Waals surface area contributed by atoms with Crippen LogP contribution in [0.3, 0.4) is 0 Å². The third-order valence-electron chi connectivity index (χ3n) is 2.07. The highest BCUT2D eigenvalue weighted by Crippen LogP contribution is 2.07. The van der Waals surface area contributed by atoms with Crippen molar-refractivity contribution in [2.45, 2.75) is 19.5 Å². The molecule has 1 atom stereocenters. The molecule has 1 unspecified atom stereocenters. The van der Waals surface area contributed by atoms with E-state index in [0.29, 0.717) is 0 Å². The van der Waals surface area contributed by atoms with Gasteiger partial charge in [0.05, 0.1) is 6.54 Å². The summed E-state index contributed by atoms with van der Waals surface area (Å²) in [5, 5.41) is 13.3. The average Bonchev–Trinajstić information content (AvgIpc) is 2.74. The Kier molecular flexibility index (Phi) is 4.30. The second-order valence-corrected chi connectivity index (χ2v) is 3.52. The lowest BCUT2D eigenvalue weighted by Crippen LogP contribution is -2.46. The number of aromatic carboxylic acids is 1. The largest absolute Gasteiger partial charge is 0.475 e. The minimum atomic E-state index is -1.19. The molecule has 0 aromatic carbocycles. The van der Waals surface area contributed by atoms with E-state index in [1.807, 2.05) is 0 Å². The summed E-state index contributed by atoms with van der Waals surface area (Å²) in [5.41, 5.74) is 4.96. The Labute approximate surface area is 102 Å². The molecule has 5 N–H and O–H groups in total. The van der Waals surface area contributed by atoms with Crippen molar-refractivity contribution in [3.05, 3.63) is 23.7 Å². The average molecular weight is 255 g/mol. The Bertz CT molecular complexity index is 468. The van der Waals surface area contributed by atoms with Crippen LogP contribution < -0.4 is 16.4 Å². The molecule has 0 aliphatic carbocycles. The van der Waals surface area contributed by atoms with Crippen LogP contribution in [0.4, 0.5) is 4.79 Å². The van der Waals surface area contributed by atoms with Gasteiger partial charge in [0, 0.05) is 0 Å². The van der Waals surface area contributed by atoms with Gasteiger partial charge in [0.15, 0.2) is 0 Å². The van der Waals surface area contributed by atoms with Gasteiger partial charge in [-0.3, -0.25) is 4.79 Å². The maximum Gasteiger partial charge on any atom is 0.371 e. The van der Waals surface area contributed by atoms with E-state index in [0.717, 1.165) is 0 Å². The molecule has 1 aromatic rings. The van der Waals surface area contributed by atoms with E-state index in [-0.39, 0.29) is 18.1 Å². The minimum absolute atomic E-state index is 0.00456.